The Hall–Kier alpha value is -3.48. The minimum atomic E-state index is -0.713. The lowest BCUT2D eigenvalue weighted by Crippen LogP contribution is -2.46. The van der Waals surface area contributed by atoms with Gasteiger partial charge in [-0.05, 0) is 36.2 Å². The summed E-state index contributed by atoms with van der Waals surface area (Å²) in [6.45, 7) is 4.98. The van der Waals surface area contributed by atoms with Crippen molar-refractivity contribution >= 4 is 28.4 Å². The van der Waals surface area contributed by atoms with Gasteiger partial charge in [0.15, 0.2) is 11.6 Å². The van der Waals surface area contributed by atoms with Crippen molar-refractivity contribution in [3.05, 3.63) is 60.5 Å². The van der Waals surface area contributed by atoms with Crippen LogP contribution in [0.4, 0.5) is 10.1 Å². The number of nitrogens with zero attached hydrogens (tertiary/aromatic N) is 1. The van der Waals surface area contributed by atoms with E-state index in [0.717, 1.165) is 10.9 Å². The molecule has 0 saturated heterocycles. The van der Waals surface area contributed by atoms with Crippen LogP contribution < -0.4 is 15.4 Å². The maximum Gasteiger partial charge on any atom is 0.247 e. The third-order valence-electron chi connectivity index (χ3n) is 4.34. The Balaban J connectivity index is 1.78. The van der Waals surface area contributed by atoms with Crippen LogP contribution in [0.5, 0.6) is 11.5 Å². The molecule has 0 radical (unpaired) electrons. The van der Waals surface area contributed by atoms with Crippen molar-refractivity contribution in [2.75, 3.05) is 5.32 Å². The van der Waals surface area contributed by atoms with E-state index in [0.29, 0.717) is 5.75 Å². The van der Waals surface area contributed by atoms with Crippen LogP contribution >= 0.6 is 0 Å². The van der Waals surface area contributed by atoms with Gasteiger partial charge < -0.3 is 15.4 Å². The minimum Gasteiger partial charge on any atom is -0.454 e. The molecule has 0 bridgehead atoms. The Kier molecular flexibility index (Phi) is 6.07. The van der Waals surface area contributed by atoms with E-state index in [4.69, 9.17) is 4.74 Å². The van der Waals surface area contributed by atoms with Crippen molar-refractivity contribution in [3.8, 4) is 11.5 Å². The number of para-hydroxylation sites is 1. The number of ether oxygens (including phenoxy) is 1. The summed E-state index contributed by atoms with van der Waals surface area (Å²) in [5.74, 6) is -0.948. The molecule has 2 N–H and O–H groups in total. The standard InChI is InChI=1S/C22H22FN3O3/c1-13(2)21(25-14(3)27)22(28)26-15-8-9-20(17(23)12-15)29-19-10-11-24-18-7-5-4-6-16(18)19/h4-13,21H,1-3H3,(H,25,27)(H,26,28)/t21-/m0/s1. The van der Waals surface area contributed by atoms with Crippen LogP contribution in [-0.2, 0) is 9.59 Å². The highest BCUT2D eigenvalue weighted by Crippen LogP contribution is 2.31. The van der Waals surface area contributed by atoms with Gasteiger partial charge in [0.05, 0.1) is 5.52 Å². The molecule has 7 heteroatoms. The number of aromatic nitrogens is 1. The van der Waals surface area contributed by atoms with Gasteiger partial charge in [-0.2, -0.15) is 0 Å². The fourth-order valence-electron chi connectivity index (χ4n) is 2.91. The van der Waals surface area contributed by atoms with Crippen molar-refractivity contribution in [3.63, 3.8) is 0 Å². The van der Waals surface area contributed by atoms with Crippen LogP contribution in [0.2, 0.25) is 0 Å². The number of hydrogen-bond donors (Lipinski definition) is 2. The first-order valence-electron chi connectivity index (χ1n) is 9.24. The van der Waals surface area contributed by atoms with Gasteiger partial charge in [-0.25, -0.2) is 4.39 Å². The molecule has 29 heavy (non-hydrogen) atoms. The molecule has 0 unspecified atom stereocenters. The first kappa shape index (κ1) is 20.3. The van der Waals surface area contributed by atoms with Gasteiger partial charge in [-0.15, -0.1) is 0 Å². The summed E-state index contributed by atoms with van der Waals surface area (Å²) in [5, 5.41) is 6.00. The highest BCUT2D eigenvalue weighted by Gasteiger charge is 2.23. The Bertz CT molecular complexity index is 1050. The fourth-order valence-corrected chi connectivity index (χ4v) is 2.91. The molecule has 0 spiro atoms. The monoisotopic (exact) mass is 395 g/mol. The molecule has 0 fully saturated rings. The second-order valence-electron chi connectivity index (χ2n) is 6.98. The van der Waals surface area contributed by atoms with Gasteiger partial charge in [-0.3, -0.25) is 14.6 Å². The predicted octanol–water partition coefficient (Wildman–Crippen LogP) is 4.27. The molecule has 0 aliphatic carbocycles. The Morgan fingerprint density at radius 2 is 1.83 bits per heavy atom. The van der Waals surface area contributed by atoms with Crippen LogP contribution in [0.3, 0.4) is 0 Å². The van der Waals surface area contributed by atoms with Crippen molar-refractivity contribution in [2.24, 2.45) is 5.92 Å². The first-order chi connectivity index (χ1) is 13.8. The molecule has 3 aromatic rings. The van der Waals surface area contributed by atoms with Crippen LogP contribution in [0.15, 0.2) is 54.7 Å². The predicted molar refractivity (Wildman–Crippen MR) is 109 cm³/mol. The van der Waals surface area contributed by atoms with Crippen molar-refractivity contribution in [2.45, 2.75) is 26.8 Å². The summed E-state index contributed by atoms with van der Waals surface area (Å²) in [6, 6.07) is 12.5. The summed E-state index contributed by atoms with van der Waals surface area (Å²) in [5.41, 5.74) is 1.02. The molecule has 0 aliphatic rings. The van der Waals surface area contributed by atoms with Gasteiger partial charge in [0.25, 0.3) is 0 Å². The topological polar surface area (TPSA) is 80.3 Å². The highest BCUT2D eigenvalue weighted by molar-refractivity contribution is 5.97. The van der Waals surface area contributed by atoms with Crippen LogP contribution in [0.1, 0.15) is 20.8 Å². The van der Waals surface area contributed by atoms with E-state index < -0.39 is 17.8 Å². The average Bonchev–Trinajstić information content (AvgIpc) is 2.68. The lowest BCUT2D eigenvalue weighted by Gasteiger charge is -2.21. The molecule has 0 saturated carbocycles. The molecule has 1 aromatic heterocycles. The van der Waals surface area contributed by atoms with Crippen LogP contribution in [0.25, 0.3) is 10.9 Å². The van der Waals surface area contributed by atoms with Crippen molar-refractivity contribution in [1.82, 2.24) is 10.3 Å². The summed E-state index contributed by atoms with van der Waals surface area (Å²) in [7, 11) is 0. The smallest absolute Gasteiger partial charge is 0.247 e. The number of amides is 2. The zero-order valence-corrected chi connectivity index (χ0v) is 16.4. The number of fused-ring (bicyclic) bond motifs is 1. The summed E-state index contributed by atoms with van der Waals surface area (Å²) < 4.78 is 20.3. The Morgan fingerprint density at radius 3 is 2.52 bits per heavy atom. The van der Waals surface area contributed by atoms with E-state index in [1.165, 1.54) is 19.1 Å². The van der Waals surface area contributed by atoms with Crippen LogP contribution in [-0.4, -0.2) is 22.8 Å². The van der Waals surface area contributed by atoms with E-state index in [1.54, 1.807) is 18.3 Å². The SMILES string of the molecule is CC(=O)N[C@H](C(=O)Nc1ccc(Oc2ccnc3ccccc23)c(F)c1)C(C)C. The minimum absolute atomic E-state index is 0.0293. The highest BCUT2D eigenvalue weighted by atomic mass is 19.1. The van der Waals surface area contributed by atoms with Gasteiger partial charge in [0, 0.05) is 30.3 Å². The maximum atomic E-state index is 14.6. The summed E-state index contributed by atoms with van der Waals surface area (Å²) in [6.07, 6.45) is 1.60. The van der Waals surface area contributed by atoms with E-state index in [-0.39, 0.29) is 23.3 Å². The number of benzene rings is 2. The normalized spacial score (nSPS) is 11.9. The second kappa shape index (κ2) is 8.68. The molecule has 2 aromatic carbocycles. The number of anilines is 1. The third kappa shape index (κ3) is 4.87. The molecular formula is C22H22FN3O3. The fraction of sp³-hybridized carbons (Fsp3) is 0.227. The zero-order valence-electron chi connectivity index (χ0n) is 16.4. The lowest BCUT2D eigenvalue weighted by atomic mass is 10.0. The Morgan fingerprint density at radius 1 is 1.07 bits per heavy atom. The number of carbonyl (C=O) groups is 2. The zero-order chi connectivity index (χ0) is 21.0. The number of hydrogen-bond acceptors (Lipinski definition) is 4. The number of carbonyl (C=O) groups excluding carboxylic acids is 2. The third-order valence-corrected chi connectivity index (χ3v) is 4.34. The molecule has 6 nitrogen and oxygen atoms in total. The second-order valence-corrected chi connectivity index (χ2v) is 6.98. The number of halogens is 1. The van der Waals surface area contributed by atoms with Crippen LogP contribution in [0, 0.1) is 11.7 Å². The molecule has 2 amide bonds. The molecule has 150 valence electrons. The summed E-state index contributed by atoms with van der Waals surface area (Å²) in [4.78, 5) is 28.0. The Labute approximate surface area is 168 Å². The molecule has 3 rings (SSSR count). The van der Waals surface area contributed by atoms with E-state index in [2.05, 4.69) is 15.6 Å². The van der Waals surface area contributed by atoms with E-state index in [1.807, 2.05) is 38.1 Å². The average molecular weight is 395 g/mol. The maximum absolute atomic E-state index is 14.6. The van der Waals surface area contributed by atoms with E-state index in [9.17, 15) is 14.0 Å². The van der Waals surface area contributed by atoms with E-state index >= 15 is 0 Å². The number of nitrogens with one attached hydrogen (secondary N) is 2. The van der Waals surface area contributed by atoms with Crippen molar-refractivity contribution < 1.29 is 18.7 Å². The molecule has 1 atom stereocenters. The van der Waals surface area contributed by atoms with Crippen molar-refractivity contribution in [1.29, 1.82) is 0 Å². The molecule has 1 heterocycles. The van der Waals surface area contributed by atoms with Gasteiger partial charge in [0.2, 0.25) is 11.8 Å². The lowest BCUT2D eigenvalue weighted by molar-refractivity contribution is -0.126. The number of rotatable bonds is 6. The van der Waals surface area contributed by atoms with Gasteiger partial charge in [-0.1, -0.05) is 26.0 Å². The molecule has 0 aliphatic heterocycles. The largest absolute Gasteiger partial charge is 0.454 e. The number of pyridine rings is 1. The summed E-state index contributed by atoms with van der Waals surface area (Å²) >= 11 is 0. The quantitative estimate of drug-likeness (QED) is 0.653. The first-order valence-corrected chi connectivity index (χ1v) is 9.24. The van der Waals surface area contributed by atoms with Gasteiger partial charge in [0.1, 0.15) is 11.8 Å². The van der Waals surface area contributed by atoms with Gasteiger partial charge >= 0.3 is 0 Å². The molecular weight excluding hydrogens is 373 g/mol.